The molecule has 0 atom stereocenters. The van der Waals surface area contributed by atoms with Gasteiger partial charge in [-0.3, -0.25) is 0 Å². The highest BCUT2D eigenvalue weighted by Crippen LogP contribution is 2.26. The molecule has 0 amide bonds. The van der Waals surface area contributed by atoms with E-state index in [4.69, 9.17) is 15.6 Å². The number of anilines is 1. The third-order valence-corrected chi connectivity index (χ3v) is 1.94. The minimum atomic E-state index is 0.192. The average Bonchev–Trinajstić information content (AvgIpc) is 2.15. The van der Waals surface area contributed by atoms with Crippen molar-refractivity contribution in [2.75, 3.05) is 19.5 Å². The largest absolute Gasteiger partial charge is 0.494 e. The highest BCUT2D eigenvalue weighted by Gasteiger charge is 2.04. The fraction of sp³-hybridized carbons (Fsp3) is 0.400. The van der Waals surface area contributed by atoms with Gasteiger partial charge in [-0.05, 0) is 24.5 Å². The minimum absolute atomic E-state index is 0.192. The van der Waals surface area contributed by atoms with Crippen LogP contribution in [0.3, 0.4) is 0 Å². The van der Waals surface area contributed by atoms with E-state index in [2.05, 4.69) is 0 Å². The van der Waals surface area contributed by atoms with Gasteiger partial charge in [-0.25, -0.2) is 0 Å². The van der Waals surface area contributed by atoms with E-state index in [-0.39, 0.29) is 6.61 Å². The monoisotopic (exact) mass is 181 g/mol. The average molecular weight is 181 g/mol. The number of benzene rings is 1. The van der Waals surface area contributed by atoms with Gasteiger partial charge >= 0.3 is 0 Å². The first kappa shape index (κ1) is 9.86. The zero-order valence-electron chi connectivity index (χ0n) is 7.79. The topological polar surface area (TPSA) is 55.5 Å². The molecule has 1 rings (SSSR count). The summed E-state index contributed by atoms with van der Waals surface area (Å²) in [6.07, 6.45) is 1.53. The summed E-state index contributed by atoms with van der Waals surface area (Å²) in [5, 5.41) is 8.69. The van der Waals surface area contributed by atoms with Crippen molar-refractivity contribution in [2.24, 2.45) is 0 Å². The van der Waals surface area contributed by atoms with E-state index in [1.165, 1.54) is 0 Å². The number of nitrogens with two attached hydrogens (primary N) is 1. The molecule has 0 aliphatic heterocycles. The maximum atomic E-state index is 8.69. The molecular weight excluding hydrogens is 166 g/mol. The van der Waals surface area contributed by atoms with Crippen LogP contribution in [0.15, 0.2) is 18.2 Å². The van der Waals surface area contributed by atoms with Crippen LogP contribution >= 0.6 is 0 Å². The standard InChI is InChI=1S/C10H15NO2/c1-13-10-8(5-3-7-12)4-2-6-9(10)11/h2,4,6,12H,3,5,7,11H2,1H3. The van der Waals surface area contributed by atoms with Gasteiger partial charge in [0.15, 0.2) is 0 Å². The maximum absolute atomic E-state index is 8.69. The molecule has 0 saturated heterocycles. The van der Waals surface area contributed by atoms with Crippen LogP contribution in [-0.4, -0.2) is 18.8 Å². The second-order valence-electron chi connectivity index (χ2n) is 2.87. The van der Waals surface area contributed by atoms with Gasteiger partial charge in [0.1, 0.15) is 5.75 Å². The Morgan fingerprint density at radius 3 is 2.85 bits per heavy atom. The van der Waals surface area contributed by atoms with E-state index < -0.39 is 0 Å². The van der Waals surface area contributed by atoms with Crippen LogP contribution in [0, 0.1) is 0 Å². The lowest BCUT2D eigenvalue weighted by Gasteiger charge is -2.09. The molecule has 3 N–H and O–H groups in total. The number of hydrogen-bond acceptors (Lipinski definition) is 3. The summed E-state index contributed by atoms with van der Waals surface area (Å²) in [6.45, 7) is 0.192. The Kier molecular flexibility index (Phi) is 3.58. The van der Waals surface area contributed by atoms with E-state index in [0.717, 1.165) is 24.2 Å². The van der Waals surface area contributed by atoms with Crippen molar-refractivity contribution in [3.05, 3.63) is 23.8 Å². The Morgan fingerprint density at radius 1 is 1.46 bits per heavy atom. The van der Waals surface area contributed by atoms with Gasteiger partial charge in [0, 0.05) is 6.61 Å². The molecule has 0 aliphatic carbocycles. The Balaban J connectivity index is 2.85. The number of ether oxygens (including phenoxy) is 1. The van der Waals surface area contributed by atoms with Gasteiger partial charge in [-0.1, -0.05) is 12.1 Å². The molecule has 13 heavy (non-hydrogen) atoms. The number of nitrogen functional groups attached to an aromatic ring is 1. The van der Waals surface area contributed by atoms with Crippen molar-refractivity contribution >= 4 is 5.69 Å². The maximum Gasteiger partial charge on any atom is 0.144 e. The molecule has 0 heterocycles. The number of para-hydroxylation sites is 1. The molecule has 0 radical (unpaired) electrons. The SMILES string of the molecule is COc1c(N)cccc1CCCO. The van der Waals surface area contributed by atoms with Gasteiger partial charge in [0.25, 0.3) is 0 Å². The summed E-state index contributed by atoms with van der Waals surface area (Å²) in [5.41, 5.74) is 7.42. The second-order valence-corrected chi connectivity index (χ2v) is 2.87. The summed E-state index contributed by atoms with van der Waals surface area (Å²) < 4.78 is 5.17. The first-order chi connectivity index (χ1) is 6.29. The minimum Gasteiger partial charge on any atom is -0.494 e. The van der Waals surface area contributed by atoms with E-state index in [9.17, 15) is 0 Å². The van der Waals surface area contributed by atoms with Crippen molar-refractivity contribution in [3.63, 3.8) is 0 Å². The highest BCUT2D eigenvalue weighted by atomic mass is 16.5. The quantitative estimate of drug-likeness (QED) is 0.686. The summed E-state index contributed by atoms with van der Waals surface area (Å²) in [5.74, 6) is 0.732. The third-order valence-electron chi connectivity index (χ3n) is 1.94. The van der Waals surface area contributed by atoms with Crippen molar-refractivity contribution in [1.82, 2.24) is 0 Å². The van der Waals surface area contributed by atoms with Gasteiger partial charge in [0.05, 0.1) is 12.8 Å². The van der Waals surface area contributed by atoms with E-state index in [0.29, 0.717) is 5.69 Å². The molecule has 0 unspecified atom stereocenters. The Labute approximate surface area is 78.1 Å². The first-order valence-corrected chi connectivity index (χ1v) is 4.31. The fourth-order valence-corrected chi connectivity index (χ4v) is 1.32. The second kappa shape index (κ2) is 4.72. The summed E-state index contributed by atoms with van der Waals surface area (Å²) in [7, 11) is 1.61. The Morgan fingerprint density at radius 2 is 2.23 bits per heavy atom. The van der Waals surface area contributed by atoms with Crippen LogP contribution in [0.25, 0.3) is 0 Å². The number of hydrogen-bond donors (Lipinski definition) is 2. The van der Waals surface area contributed by atoms with Crippen LogP contribution in [0.2, 0.25) is 0 Å². The van der Waals surface area contributed by atoms with Crippen LogP contribution in [0.4, 0.5) is 5.69 Å². The summed E-state index contributed by atoms with van der Waals surface area (Å²) in [6, 6.07) is 5.66. The van der Waals surface area contributed by atoms with Crippen LogP contribution < -0.4 is 10.5 Å². The highest BCUT2D eigenvalue weighted by molar-refractivity contribution is 5.56. The molecule has 1 aromatic rings. The Bertz CT molecular complexity index is 274. The molecule has 3 heteroatoms. The predicted octanol–water partition coefficient (Wildman–Crippen LogP) is 1.20. The summed E-state index contributed by atoms with van der Waals surface area (Å²) in [4.78, 5) is 0. The molecule has 0 aliphatic rings. The van der Waals surface area contributed by atoms with Crippen molar-refractivity contribution in [1.29, 1.82) is 0 Å². The lowest BCUT2D eigenvalue weighted by Crippen LogP contribution is -1.98. The summed E-state index contributed by atoms with van der Waals surface area (Å²) >= 11 is 0. The fourth-order valence-electron chi connectivity index (χ4n) is 1.32. The van der Waals surface area contributed by atoms with Crippen LogP contribution in [0.1, 0.15) is 12.0 Å². The molecule has 0 fully saturated rings. The Hall–Kier alpha value is -1.22. The van der Waals surface area contributed by atoms with Crippen molar-refractivity contribution in [2.45, 2.75) is 12.8 Å². The molecule has 3 nitrogen and oxygen atoms in total. The number of aliphatic hydroxyl groups excluding tert-OH is 1. The smallest absolute Gasteiger partial charge is 0.144 e. The van der Waals surface area contributed by atoms with E-state index in [1.54, 1.807) is 13.2 Å². The van der Waals surface area contributed by atoms with Gasteiger partial charge < -0.3 is 15.6 Å². The van der Waals surface area contributed by atoms with Gasteiger partial charge in [0.2, 0.25) is 0 Å². The molecule has 0 spiro atoms. The van der Waals surface area contributed by atoms with Crippen LogP contribution in [-0.2, 0) is 6.42 Å². The first-order valence-electron chi connectivity index (χ1n) is 4.31. The van der Waals surface area contributed by atoms with E-state index in [1.807, 2.05) is 12.1 Å². The van der Waals surface area contributed by atoms with Gasteiger partial charge in [-0.15, -0.1) is 0 Å². The molecule has 0 aromatic heterocycles. The predicted molar refractivity (Wildman–Crippen MR) is 52.8 cm³/mol. The molecule has 0 bridgehead atoms. The zero-order valence-corrected chi connectivity index (χ0v) is 7.79. The number of methoxy groups -OCH3 is 1. The normalized spacial score (nSPS) is 10.0. The molecule has 72 valence electrons. The van der Waals surface area contributed by atoms with Gasteiger partial charge in [-0.2, -0.15) is 0 Å². The van der Waals surface area contributed by atoms with Crippen molar-refractivity contribution in [3.8, 4) is 5.75 Å². The number of rotatable bonds is 4. The lowest BCUT2D eigenvalue weighted by atomic mass is 10.1. The van der Waals surface area contributed by atoms with Crippen molar-refractivity contribution < 1.29 is 9.84 Å². The molecule has 1 aromatic carbocycles. The van der Waals surface area contributed by atoms with Crippen LogP contribution in [0.5, 0.6) is 5.75 Å². The molecular formula is C10H15NO2. The third kappa shape index (κ3) is 2.36. The number of aryl methyl sites for hydroxylation is 1. The van der Waals surface area contributed by atoms with E-state index >= 15 is 0 Å². The lowest BCUT2D eigenvalue weighted by molar-refractivity contribution is 0.288. The zero-order chi connectivity index (χ0) is 9.68. The molecule has 0 saturated carbocycles. The number of aliphatic hydroxyl groups is 1.